The number of amides is 1. The Kier molecular flexibility index (Phi) is 4.76. The number of carbonyl (C=O) groups excluding carboxylic acids is 1. The molecule has 0 aliphatic carbocycles. The van der Waals surface area contributed by atoms with Gasteiger partial charge in [-0.05, 0) is 43.3 Å². The number of ether oxygens (including phenoxy) is 1. The first kappa shape index (κ1) is 17.1. The number of thiazole rings is 1. The van der Waals surface area contributed by atoms with Crippen LogP contribution in [0.3, 0.4) is 0 Å². The van der Waals surface area contributed by atoms with Crippen molar-refractivity contribution in [1.29, 1.82) is 0 Å². The summed E-state index contributed by atoms with van der Waals surface area (Å²) >= 11 is 1.45. The van der Waals surface area contributed by atoms with Gasteiger partial charge in [-0.1, -0.05) is 23.5 Å². The van der Waals surface area contributed by atoms with E-state index < -0.39 is 0 Å². The molecule has 2 aromatic carbocycles. The number of rotatable bonds is 5. The molecule has 0 aliphatic heterocycles. The summed E-state index contributed by atoms with van der Waals surface area (Å²) in [4.78, 5) is 27.6. The zero-order chi connectivity index (χ0) is 18.6. The Balaban J connectivity index is 1.80. The van der Waals surface area contributed by atoms with Crippen LogP contribution in [0.5, 0.6) is 5.75 Å². The number of carbonyl (C=O) groups is 1. The van der Waals surface area contributed by atoms with E-state index in [2.05, 4.69) is 15.0 Å². The quantitative estimate of drug-likeness (QED) is 0.514. The summed E-state index contributed by atoms with van der Waals surface area (Å²) in [7, 11) is 0. The molecule has 0 atom stereocenters. The lowest BCUT2D eigenvalue weighted by atomic mass is 10.2. The number of anilines is 2. The molecule has 0 N–H and O–H groups in total. The highest BCUT2D eigenvalue weighted by atomic mass is 32.1. The first-order chi connectivity index (χ1) is 13.3. The molecule has 2 heterocycles. The fraction of sp³-hybridized carbons (Fsp3) is 0.100. The van der Waals surface area contributed by atoms with Gasteiger partial charge < -0.3 is 4.74 Å². The van der Waals surface area contributed by atoms with Crippen LogP contribution in [-0.2, 0) is 0 Å². The molecular weight excluding hydrogens is 360 g/mol. The van der Waals surface area contributed by atoms with Crippen molar-refractivity contribution in [2.24, 2.45) is 0 Å². The summed E-state index contributed by atoms with van der Waals surface area (Å²) in [6.45, 7) is 2.51. The number of nitrogens with zero attached hydrogens (tertiary/aromatic N) is 4. The third-order valence-electron chi connectivity index (χ3n) is 3.87. The van der Waals surface area contributed by atoms with E-state index in [1.165, 1.54) is 29.9 Å². The van der Waals surface area contributed by atoms with Crippen LogP contribution in [-0.4, -0.2) is 27.5 Å². The van der Waals surface area contributed by atoms with Crippen LogP contribution in [0.1, 0.15) is 17.4 Å². The SMILES string of the molecule is CCOc1ccc(N(C(=O)c2cnccn2)c2nc3ccccc3s2)cc1. The van der Waals surface area contributed by atoms with Gasteiger partial charge in [-0.15, -0.1) is 0 Å². The number of aromatic nitrogens is 3. The maximum atomic E-state index is 13.2. The van der Waals surface area contributed by atoms with Gasteiger partial charge in [-0.25, -0.2) is 9.97 Å². The summed E-state index contributed by atoms with van der Waals surface area (Å²) in [5, 5.41) is 0.580. The average Bonchev–Trinajstić information content (AvgIpc) is 3.14. The van der Waals surface area contributed by atoms with Gasteiger partial charge in [0.1, 0.15) is 11.4 Å². The molecule has 4 aromatic rings. The van der Waals surface area contributed by atoms with Gasteiger partial charge in [0.25, 0.3) is 5.91 Å². The summed E-state index contributed by atoms with van der Waals surface area (Å²) in [6, 6.07) is 15.1. The Morgan fingerprint density at radius 3 is 2.63 bits per heavy atom. The molecule has 0 saturated carbocycles. The first-order valence-corrected chi connectivity index (χ1v) is 9.27. The van der Waals surface area contributed by atoms with Gasteiger partial charge in [0.15, 0.2) is 5.13 Å². The van der Waals surface area contributed by atoms with E-state index in [0.717, 1.165) is 16.0 Å². The van der Waals surface area contributed by atoms with Crippen molar-refractivity contribution in [2.45, 2.75) is 6.92 Å². The molecule has 134 valence electrons. The number of fused-ring (bicyclic) bond motifs is 1. The van der Waals surface area contributed by atoms with Crippen molar-refractivity contribution < 1.29 is 9.53 Å². The molecule has 0 aliphatic rings. The zero-order valence-corrected chi connectivity index (χ0v) is 15.4. The Bertz CT molecular complexity index is 1030. The Labute approximate surface area is 160 Å². The van der Waals surface area contributed by atoms with Crippen molar-refractivity contribution in [3.63, 3.8) is 0 Å². The van der Waals surface area contributed by atoms with Crippen LogP contribution in [0, 0.1) is 0 Å². The summed E-state index contributed by atoms with van der Waals surface area (Å²) in [5.41, 5.74) is 1.79. The molecule has 27 heavy (non-hydrogen) atoms. The van der Waals surface area contributed by atoms with E-state index in [0.29, 0.717) is 17.4 Å². The average molecular weight is 376 g/mol. The zero-order valence-electron chi connectivity index (χ0n) is 14.6. The monoisotopic (exact) mass is 376 g/mol. The topological polar surface area (TPSA) is 68.2 Å². The largest absolute Gasteiger partial charge is 0.494 e. The summed E-state index contributed by atoms with van der Waals surface area (Å²) in [6.07, 6.45) is 4.49. The molecule has 4 rings (SSSR count). The lowest BCUT2D eigenvalue weighted by Crippen LogP contribution is -2.26. The minimum Gasteiger partial charge on any atom is -0.494 e. The highest BCUT2D eigenvalue weighted by Gasteiger charge is 2.24. The molecule has 0 unspecified atom stereocenters. The summed E-state index contributed by atoms with van der Waals surface area (Å²) < 4.78 is 6.51. The van der Waals surface area contributed by atoms with E-state index in [9.17, 15) is 4.79 Å². The first-order valence-electron chi connectivity index (χ1n) is 8.45. The molecular formula is C20H16N4O2S. The number of para-hydroxylation sites is 1. The lowest BCUT2D eigenvalue weighted by Gasteiger charge is -2.19. The lowest BCUT2D eigenvalue weighted by molar-refractivity contribution is 0.0994. The smallest absolute Gasteiger partial charge is 0.284 e. The van der Waals surface area contributed by atoms with Gasteiger partial charge in [0.2, 0.25) is 0 Å². The standard InChI is InChI=1S/C20H16N4O2S/c1-2-26-15-9-7-14(8-10-15)24(19(25)17-13-21-11-12-22-17)20-23-16-5-3-4-6-18(16)27-20/h3-13H,2H2,1H3. The van der Waals surface area contributed by atoms with Crippen LogP contribution in [0.15, 0.2) is 67.1 Å². The van der Waals surface area contributed by atoms with Crippen molar-refractivity contribution in [3.8, 4) is 5.75 Å². The second-order valence-electron chi connectivity index (χ2n) is 5.62. The summed E-state index contributed by atoms with van der Waals surface area (Å²) in [5.74, 6) is 0.462. The molecule has 0 fully saturated rings. The van der Waals surface area contributed by atoms with Crippen LogP contribution in [0.2, 0.25) is 0 Å². The highest BCUT2D eigenvalue weighted by Crippen LogP contribution is 2.35. The molecule has 7 heteroatoms. The van der Waals surface area contributed by atoms with Crippen LogP contribution in [0.25, 0.3) is 10.2 Å². The maximum absolute atomic E-state index is 13.2. The van der Waals surface area contributed by atoms with E-state index in [4.69, 9.17) is 4.74 Å². The fourth-order valence-corrected chi connectivity index (χ4v) is 3.64. The van der Waals surface area contributed by atoms with Gasteiger partial charge in [0.05, 0.1) is 28.7 Å². The Hall–Kier alpha value is -3.32. The molecule has 1 amide bonds. The van der Waals surface area contributed by atoms with E-state index >= 15 is 0 Å². The van der Waals surface area contributed by atoms with Crippen LogP contribution in [0.4, 0.5) is 10.8 Å². The van der Waals surface area contributed by atoms with Gasteiger partial charge in [0, 0.05) is 12.4 Å². The number of benzene rings is 2. The number of hydrogen-bond donors (Lipinski definition) is 0. The highest BCUT2D eigenvalue weighted by molar-refractivity contribution is 7.22. The fourth-order valence-electron chi connectivity index (χ4n) is 2.65. The van der Waals surface area contributed by atoms with Crippen LogP contribution < -0.4 is 9.64 Å². The molecule has 0 radical (unpaired) electrons. The second kappa shape index (κ2) is 7.51. The predicted octanol–water partition coefficient (Wildman–Crippen LogP) is 4.46. The van der Waals surface area contributed by atoms with Crippen molar-refractivity contribution in [3.05, 3.63) is 72.8 Å². The molecule has 0 bridgehead atoms. The van der Waals surface area contributed by atoms with Crippen LogP contribution >= 0.6 is 11.3 Å². The second-order valence-corrected chi connectivity index (χ2v) is 6.63. The normalized spacial score (nSPS) is 10.7. The Morgan fingerprint density at radius 1 is 1.11 bits per heavy atom. The van der Waals surface area contributed by atoms with Gasteiger partial charge >= 0.3 is 0 Å². The van der Waals surface area contributed by atoms with Gasteiger partial charge in [-0.3, -0.25) is 14.7 Å². The van der Waals surface area contributed by atoms with Crippen molar-refractivity contribution in [2.75, 3.05) is 11.5 Å². The predicted molar refractivity (Wildman–Crippen MR) is 106 cm³/mol. The van der Waals surface area contributed by atoms with E-state index in [1.54, 1.807) is 4.90 Å². The Morgan fingerprint density at radius 2 is 1.93 bits per heavy atom. The minimum atomic E-state index is -0.286. The molecule has 2 aromatic heterocycles. The minimum absolute atomic E-state index is 0.255. The van der Waals surface area contributed by atoms with E-state index in [-0.39, 0.29) is 11.6 Å². The maximum Gasteiger partial charge on any atom is 0.284 e. The van der Waals surface area contributed by atoms with Gasteiger partial charge in [-0.2, -0.15) is 0 Å². The molecule has 0 spiro atoms. The molecule has 0 saturated heterocycles. The third-order valence-corrected chi connectivity index (χ3v) is 4.89. The number of hydrogen-bond acceptors (Lipinski definition) is 6. The van der Waals surface area contributed by atoms with E-state index in [1.807, 2.05) is 55.5 Å². The van der Waals surface area contributed by atoms with Crippen molar-refractivity contribution in [1.82, 2.24) is 15.0 Å². The van der Waals surface area contributed by atoms with Crippen molar-refractivity contribution >= 4 is 38.3 Å². The third kappa shape index (κ3) is 3.50. The molecule has 6 nitrogen and oxygen atoms in total.